The highest BCUT2D eigenvalue weighted by Crippen LogP contribution is 2.49. The number of carbonyl (C=O) groups is 2. The average molecular weight is 538 g/mol. The third-order valence-corrected chi connectivity index (χ3v) is 7.21. The number of allylic oxidation sites excluding steroid dienone is 1. The van der Waals surface area contributed by atoms with Crippen molar-refractivity contribution in [3.8, 4) is 0 Å². The van der Waals surface area contributed by atoms with Crippen molar-refractivity contribution in [1.29, 1.82) is 0 Å². The van der Waals surface area contributed by atoms with Crippen LogP contribution in [0.15, 0.2) is 85.2 Å². The molecule has 0 bridgehead atoms. The van der Waals surface area contributed by atoms with Crippen LogP contribution in [0.5, 0.6) is 0 Å². The first-order chi connectivity index (χ1) is 16.5. The molecule has 1 fully saturated rings. The van der Waals surface area contributed by atoms with E-state index in [1.807, 2.05) is 66.9 Å². The number of benzene rings is 2. The quantitative estimate of drug-likeness (QED) is 0.260. The number of hydrogen-bond acceptors (Lipinski definition) is 3. The number of halogens is 1. The van der Waals surface area contributed by atoms with Gasteiger partial charge in [0.15, 0.2) is 0 Å². The van der Waals surface area contributed by atoms with Crippen molar-refractivity contribution in [2.45, 2.75) is 44.2 Å². The maximum atomic E-state index is 13.3. The molecule has 4 rings (SSSR count). The van der Waals surface area contributed by atoms with Gasteiger partial charge in [0.05, 0.1) is 7.11 Å². The second kappa shape index (κ2) is 11.5. The van der Waals surface area contributed by atoms with Gasteiger partial charge in [-0.05, 0) is 42.4 Å². The van der Waals surface area contributed by atoms with E-state index in [-0.39, 0.29) is 40.8 Å². The Morgan fingerprint density at radius 2 is 1.69 bits per heavy atom. The lowest BCUT2D eigenvalue weighted by Gasteiger charge is -2.37. The van der Waals surface area contributed by atoms with E-state index >= 15 is 0 Å². The van der Waals surface area contributed by atoms with Crippen molar-refractivity contribution in [3.63, 3.8) is 0 Å². The second-order valence-corrected chi connectivity index (χ2v) is 8.90. The molecule has 2 aromatic carbocycles. The van der Waals surface area contributed by atoms with Crippen molar-refractivity contribution in [3.05, 3.63) is 102 Å². The van der Waals surface area contributed by atoms with Gasteiger partial charge in [0.2, 0.25) is 5.91 Å². The zero-order valence-electron chi connectivity index (χ0n) is 20.1. The number of nitrogens with two attached hydrogens (primary N) is 1. The van der Waals surface area contributed by atoms with Crippen molar-refractivity contribution in [2.24, 2.45) is 11.7 Å². The summed E-state index contributed by atoms with van der Waals surface area (Å²) in [5, 5.41) is 0. The van der Waals surface area contributed by atoms with Crippen LogP contribution < -0.4 is 27.3 Å². The summed E-state index contributed by atoms with van der Waals surface area (Å²) in [6.07, 6.45) is 10.1. The summed E-state index contributed by atoms with van der Waals surface area (Å²) in [4.78, 5) is 24.6. The summed E-state index contributed by atoms with van der Waals surface area (Å²) in [7, 11) is 1.37. The fraction of sp³-hybridized carbons (Fsp3) is 0.321. The Kier molecular flexibility index (Phi) is 8.67. The molecule has 0 unspecified atom stereocenters. The molecule has 2 atom stereocenters. The van der Waals surface area contributed by atoms with Crippen LogP contribution in [0, 0.1) is 12.8 Å². The first kappa shape index (κ1) is 26.4. The lowest BCUT2D eigenvalue weighted by molar-refractivity contribution is -0.692. The van der Waals surface area contributed by atoms with Crippen LogP contribution in [0.25, 0.3) is 0 Å². The summed E-state index contributed by atoms with van der Waals surface area (Å²) in [5.41, 5.74) is 7.25. The molecule has 0 aliphatic heterocycles. The Balaban J connectivity index is 0.00000342. The van der Waals surface area contributed by atoms with E-state index in [4.69, 9.17) is 5.73 Å². The zero-order valence-corrected chi connectivity index (χ0v) is 21.7. The monoisotopic (exact) mass is 537 g/mol. The van der Waals surface area contributed by atoms with E-state index < -0.39 is 5.41 Å². The molecule has 1 aliphatic carbocycles. The van der Waals surface area contributed by atoms with Crippen molar-refractivity contribution >= 4 is 11.9 Å². The minimum Gasteiger partial charge on any atom is -1.00 e. The summed E-state index contributed by atoms with van der Waals surface area (Å²) in [5.74, 6) is 0.516. The third kappa shape index (κ3) is 5.10. The number of esters is 1. The van der Waals surface area contributed by atoms with E-state index in [9.17, 15) is 9.59 Å². The lowest BCUT2D eigenvalue weighted by atomic mass is 9.64. The molecule has 1 aromatic heterocycles. The molecule has 1 saturated carbocycles. The molecule has 7 heteroatoms. The minimum atomic E-state index is -0.877. The van der Waals surface area contributed by atoms with Gasteiger partial charge in [-0.15, -0.1) is 0 Å². The molecule has 35 heavy (non-hydrogen) atoms. The summed E-state index contributed by atoms with van der Waals surface area (Å²) in [6.45, 7) is 2.67. The molecule has 0 spiro atoms. The molecule has 6 nitrogen and oxygen atoms in total. The molecule has 1 aliphatic rings. The van der Waals surface area contributed by atoms with Crippen LogP contribution in [0.2, 0.25) is 0 Å². The van der Waals surface area contributed by atoms with Gasteiger partial charge in [-0.2, -0.15) is 0 Å². The number of ether oxygens (including phenoxy) is 1. The normalized spacial score (nSPS) is 17.8. The third-order valence-electron chi connectivity index (χ3n) is 7.21. The molecule has 1 heterocycles. The highest BCUT2D eigenvalue weighted by Gasteiger charge is 2.51. The number of carbonyl (C=O) groups excluding carboxylic acids is 2. The van der Waals surface area contributed by atoms with Gasteiger partial charge in [0, 0.05) is 13.0 Å². The van der Waals surface area contributed by atoms with E-state index in [1.54, 1.807) is 6.08 Å². The number of primary amides is 1. The highest BCUT2D eigenvalue weighted by atomic mass is 79.9. The highest BCUT2D eigenvalue weighted by molar-refractivity contribution is 5.91. The minimum absolute atomic E-state index is 0. The maximum Gasteiger partial charge on any atom is 0.330 e. The Morgan fingerprint density at radius 1 is 1.09 bits per heavy atom. The standard InChI is InChI=1S/C28H31N3O3.BrH/c1-21-30(17-9-14-26(32)34-2)18-19-31(21)25-16-15-24(20-25)28(27(29)33,22-10-5-3-6-11-22)23-12-7-4-8-13-23;/h3-14,18-19,24-25H,15-17,20H2,1-2H3,(H-,29,33);1H/b14-9+;/t24-,25+;/m1./s1. The Morgan fingerprint density at radius 3 is 2.23 bits per heavy atom. The summed E-state index contributed by atoms with van der Waals surface area (Å²) < 4.78 is 9.05. The molecule has 3 aromatic rings. The Labute approximate surface area is 217 Å². The van der Waals surface area contributed by atoms with Crippen molar-refractivity contribution < 1.29 is 35.9 Å². The van der Waals surface area contributed by atoms with Crippen molar-refractivity contribution in [2.75, 3.05) is 7.11 Å². The molecule has 0 saturated heterocycles. The van der Waals surface area contributed by atoms with Crippen LogP contribution in [0.1, 0.15) is 42.3 Å². The van der Waals surface area contributed by atoms with Gasteiger partial charge >= 0.3 is 5.97 Å². The topological polar surface area (TPSA) is 78.2 Å². The largest absolute Gasteiger partial charge is 1.00 e. The number of amides is 1. The smallest absolute Gasteiger partial charge is 0.330 e. The molecule has 2 N–H and O–H groups in total. The van der Waals surface area contributed by atoms with Gasteiger partial charge < -0.3 is 27.5 Å². The number of methoxy groups -OCH3 is 1. The molecular formula is C28H32BrN3O3. The van der Waals surface area contributed by atoms with Crippen molar-refractivity contribution in [1.82, 2.24) is 4.57 Å². The average Bonchev–Trinajstić information content (AvgIpc) is 3.48. The summed E-state index contributed by atoms with van der Waals surface area (Å²) in [6, 6.07) is 20.2. The summed E-state index contributed by atoms with van der Waals surface area (Å²) >= 11 is 0. The van der Waals surface area contributed by atoms with Gasteiger partial charge in [0.1, 0.15) is 30.4 Å². The van der Waals surface area contributed by atoms with Crippen LogP contribution in [-0.2, 0) is 26.3 Å². The number of aromatic nitrogens is 2. The molecular weight excluding hydrogens is 506 g/mol. The number of hydrogen-bond donors (Lipinski definition) is 1. The first-order valence-electron chi connectivity index (χ1n) is 11.7. The van der Waals surface area contributed by atoms with Crippen LogP contribution in [0.3, 0.4) is 0 Å². The fourth-order valence-corrected chi connectivity index (χ4v) is 5.56. The van der Waals surface area contributed by atoms with E-state index in [2.05, 4.69) is 27.0 Å². The van der Waals surface area contributed by atoms with Gasteiger partial charge in [-0.3, -0.25) is 4.79 Å². The number of imidazole rings is 1. The van der Waals surface area contributed by atoms with Gasteiger partial charge in [-0.1, -0.05) is 60.7 Å². The van der Waals surface area contributed by atoms with Gasteiger partial charge in [-0.25, -0.2) is 13.9 Å². The zero-order chi connectivity index (χ0) is 24.1. The number of nitrogens with zero attached hydrogens (tertiary/aromatic N) is 2. The Bertz CT molecular complexity index is 1140. The maximum absolute atomic E-state index is 13.3. The van der Waals surface area contributed by atoms with Crippen LogP contribution in [0.4, 0.5) is 0 Å². The van der Waals surface area contributed by atoms with Crippen LogP contribution in [-0.4, -0.2) is 23.6 Å². The first-order valence-corrected chi connectivity index (χ1v) is 11.7. The van der Waals surface area contributed by atoms with Crippen LogP contribution >= 0.6 is 0 Å². The second-order valence-electron chi connectivity index (χ2n) is 8.90. The molecule has 184 valence electrons. The Hall–Kier alpha value is -3.19. The number of rotatable bonds is 8. The predicted octanol–water partition coefficient (Wildman–Crippen LogP) is 0.630. The molecule has 0 radical (unpaired) electrons. The van der Waals surface area contributed by atoms with E-state index in [1.165, 1.54) is 13.2 Å². The van der Waals surface area contributed by atoms with E-state index in [0.717, 1.165) is 36.2 Å². The SMILES string of the molecule is COC(=O)/C=C/C[n+]1ccn([C@H]2CC[C@@H](C(C(N)=O)(c3ccccc3)c3ccccc3)C2)c1C.[Br-]. The fourth-order valence-electron chi connectivity index (χ4n) is 5.56. The lowest BCUT2D eigenvalue weighted by Crippen LogP contribution is -3.00. The van der Waals surface area contributed by atoms with Gasteiger partial charge in [0.25, 0.3) is 5.82 Å². The molecule has 1 amide bonds. The predicted molar refractivity (Wildman–Crippen MR) is 130 cm³/mol. The van der Waals surface area contributed by atoms with E-state index in [0.29, 0.717) is 6.54 Å².